The second-order valence-electron chi connectivity index (χ2n) is 9.88. The molecule has 0 bridgehead atoms. The van der Waals surface area contributed by atoms with E-state index in [1.165, 1.54) is 7.11 Å². The highest BCUT2D eigenvalue weighted by atomic mass is 19.4. The van der Waals surface area contributed by atoms with Crippen LogP contribution in [0.4, 0.5) is 74.6 Å². The summed E-state index contributed by atoms with van der Waals surface area (Å²) in [5.41, 5.74) is 5.04. The average Bonchev–Trinajstić information content (AvgIpc) is 2.98. The summed E-state index contributed by atoms with van der Waals surface area (Å²) in [4.78, 5) is 12.3. The van der Waals surface area contributed by atoms with Crippen LogP contribution in [0.1, 0.15) is 6.42 Å². The Balaban J connectivity index is 6.01. The first-order valence-corrected chi connectivity index (χ1v) is 13.2. The van der Waals surface area contributed by atoms with Gasteiger partial charge in [-0.15, -0.1) is 0 Å². The van der Waals surface area contributed by atoms with Crippen LogP contribution >= 0.6 is 0 Å². The van der Waals surface area contributed by atoms with E-state index in [1.807, 2.05) is 0 Å². The Labute approximate surface area is 265 Å². The number of hydrogen-bond acceptors (Lipinski definition) is 8. The maximum absolute atomic E-state index is 14.4. The number of alkyl halides is 17. The molecule has 4 N–H and O–H groups in total. The van der Waals surface area contributed by atoms with Gasteiger partial charge in [-0.1, -0.05) is 0 Å². The SMILES string of the molecule is COCCOCCOCCOCC(=O)N(CCC(F)(F)C(F)(F)C(F)(F)C(F)(F)C(F)(F)C(F)(F)C(F)(F)C(F)(F)F)CC(O)C(O)CN. The number of aliphatic hydroxyl groups excluding tert-OH is 2. The van der Waals surface area contributed by atoms with Crippen LogP contribution in [0.5, 0.6) is 0 Å². The Morgan fingerprint density at radius 1 is 0.612 bits per heavy atom. The molecular weight excluding hydrogens is 739 g/mol. The van der Waals surface area contributed by atoms with Crippen molar-refractivity contribution in [3.63, 3.8) is 0 Å². The summed E-state index contributed by atoms with van der Waals surface area (Å²) in [5, 5.41) is 19.4. The number of aliphatic hydroxyl groups is 2. The summed E-state index contributed by atoms with van der Waals surface area (Å²) in [7, 11) is 1.40. The zero-order chi connectivity index (χ0) is 38.9. The fourth-order valence-electron chi connectivity index (χ4n) is 3.28. The molecule has 0 radical (unpaired) electrons. The lowest BCUT2D eigenvalue weighted by Gasteiger charge is -2.43. The first-order valence-electron chi connectivity index (χ1n) is 13.2. The second-order valence-corrected chi connectivity index (χ2v) is 9.88. The standard InChI is InChI=1S/C23H31F17N2O7/c1-46-4-5-47-6-7-48-8-9-49-12-15(45)42(11-14(44)13(43)10-41)3-2-16(24,25)17(26,27)18(28,29)19(30,31)20(32,33)21(34,35)22(36,37)23(38,39)40/h13-14,43-44H,2-12,41H2,1H3. The molecule has 0 aliphatic rings. The molecule has 0 fully saturated rings. The van der Waals surface area contributed by atoms with E-state index < -0.39 is 105 Å². The van der Waals surface area contributed by atoms with Crippen LogP contribution in [-0.4, -0.2) is 154 Å². The minimum absolute atomic E-state index is 0.0162. The van der Waals surface area contributed by atoms with Gasteiger partial charge in [0.05, 0.1) is 51.8 Å². The smallest absolute Gasteiger partial charge is 0.389 e. The zero-order valence-electron chi connectivity index (χ0n) is 24.8. The van der Waals surface area contributed by atoms with Crippen molar-refractivity contribution in [1.29, 1.82) is 0 Å². The molecule has 0 aliphatic carbocycles. The first-order chi connectivity index (χ1) is 22.0. The number of nitrogens with zero attached hydrogens (tertiary/aromatic N) is 1. The first kappa shape index (κ1) is 47.0. The number of halogens is 17. The number of carbonyl (C=O) groups excluding carboxylic acids is 1. The molecule has 0 aliphatic heterocycles. The van der Waals surface area contributed by atoms with Gasteiger partial charge in [-0.2, -0.15) is 74.6 Å². The number of methoxy groups -OCH3 is 1. The molecule has 49 heavy (non-hydrogen) atoms. The van der Waals surface area contributed by atoms with Gasteiger partial charge in [0, 0.05) is 33.2 Å². The number of rotatable bonds is 24. The molecule has 9 nitrogen and oxygen atoms in total. The van der Waals surface area contributed by atoms with Crippen molar-refractivity contribution in [2.45, 2.75) is 66.3 Å². The van der Waals surface area contributed by atoms with E-state index in [2.05, 4.69) is 0 Å². The summed E-state index contributed by atoms with van der Waals surface area (Å²) in [6.45, 7) is -5.53. The van der Waals surface area contributed by atoms with Gasteiger partial charge in [0.25, 0.3) is 0 Å². The predicted molar refractivity (Wildman–Crippen MR) is 127 cm³/mol. The van der Waals surface area contributed by atoms with Gasteiger partial charge in [-0.3, -0.25) is 4.79 Å². The fourth-order valence-corrected chi connectivity index (χ4v) is 3.28. The van der Waals surface area contributed by atoms with Crippen molar-refractivity contribution in [3.05, 3.63) is 0 Å². The van der Waals surface area contributed by atoms with Crippen LogP contribution < -0.4 is 5.73 Å². The van der Waals surface area contributed by atoms with Crippen LogP contribution in [0, 0.1) is 0 Å². The van der Waals surface area contributed by atoms with Gasteiger partial charge in [-0.05, 0) is 0 Å². The fraction of sp³-hybridized carbons (Fsp3) is 0.957. The Kier molecular flexibility index (Phi) is 16.8. The highest BCUT2D eigenvalue weighted by molar-refractivity contribution is 5.77. The van der Waals surface area contributed by atoms with Crippen LogP contribution in [0.25, 0.3) is 0 Å². The molecule has 0 saturated heterocycles. The minimum atomic E-state index is -8.77. The van der Waals surface area contributed by atoms with Gasteiger partial charge in [0.2, 0.25) is 5.91 Å². The van der Waals surface area contributed by atoms with Gasteiger partial charge < -0.3 is 39.8 Å². The lowest BCUT2D eigenvalue weighted by atomic mass is 9.88. The number of nitrogens with two attached hydrogens (primary N) is 1. The number of amides is 1. The van der Waals surface area contributed by atoms with Gasteiger partial charge >= 0.3 is 47.6 Å². The lowest BCUT2D eigenvalue weighted by Crippen LogP contribution is -2.74. The predicted octanol–water partition coefficient (Wildman–Crippen LogP) is 3.59. The molecule has 1 amide bonds. The molecule has 294 valence electrons. The zero-order valence-corrected chi connectivity index (χ0v) is 24.8. The lowest BCUT2D eigenvalue weighted by molar-refractivity contribution is -0.461. The molecule has 0 rings (SSSR count). The van der Waals surface area contributed by atoms with Gasteiger partial charge in [0.15, 0.2) is 0 Å². The van der Waals surface area contributed by atoms with Crippen molar-refractivity contribution in [1.82, 2.24) is 4.90 Å². The average molecular weight is 770 g/mol. The molecule has 2 unspecified atom stereocenters. The number of carbonyl (C=O) groups is 1. The van der Waals surface area contributed by atoms with E-state index in [1.54, 1.807) is 0 Å². The molecule has 26 heteroatoms. The summed E-state index contributed by atoms with van der Waals surface area (Å²) in [6.07, 6.45) is -15.0. The van der Waals surface area contributed by atoms with Crippen LogP contribution in [0.3, 0.4) is 0 Å². The van der Waals surface area contributed by atoms with E-state index in [9.17, 15) is 89.6 Å². The quantitative estimate of drug-likeness (QED) is 0.101. The molecule has 0 aromatic heterocycles. The maximum atomic E-state index is 14.4. The Hall–Kier alpha value is -2.00. The van der Waals surface area contributed by atoms with Crippen LogP contribution in [-0.2, 0) is 23.7 Å². The van der Waals surface area contributed by atoms with Gasteiger partial charge in [0.1, 0.15) is 6.61 Å². The largest absolute Gasteiger partial charge is 0.460 e. The summed E-state index contributed by atoms with van der Waals surface area (Å²) in [6, 6.07) is 0. The molecule has 0 aromatic rings. The molecular formula is C23H31F17N2O7. The highest BCUT2D eigenvalue weighted by Crippen LogP contribution is 2.64. The third-order valence-corrected chi connectivity index (χ3v) is 6.33. The van der Waals surface area contributed by atoms with Gasteiger partial charge in [-0.25, -0.2) is 0 Å². The molecule has 0 heterocycles. The molecule has 0 aromatic carbocycles. The van der Waals surface area contributed by atoms with Crippen LogP contribution in [0.15, 0.2) is 0 Å². The molecule has 0 saturated carbocycles. The summed E-state index contributed by atoms with van der Waals surface area (Å²) in [5.74, 6) is -59.2. The van der Waals surface area contributed by atoms with Crippen molar-refractivity contribution in [3.8, 4) is 0 Å². The number of ether oxygens (including phenoxy) is 4. The number of hydrogen-bond donors (Lipinski definition) is 3. The van der Waals surface area contributed by atoms with E-state index >= 15 is 0 Å². The van der Waals surface area contributed by atoms with Crippen molar-refractivity contribution < 1.29 is 109 Å². The Bertz CT molecular complexity index is 1020. The van der Waals surface area contributed by atoms with E-state index in [0.717, 1.165) is 0 Å². The Morgan fingerprint density at radius 2 is 1.00 bits per heavy atom. The maximum Gasteiger partial charge on any atom is 0.460 e. The van der Waals surface area contributed by atoms with E-state index in [-0.39, 0.29) is 37.9 Å². The molecule has 2 atom stereocenters. The summed E-state index contributed by atoms with van der Waals surface area (Å²) >= 11 is 0. The monoisotopic (exact) mass is 770 g/mol. The van der Waals surface area contributed by atoms with Crippen LogP contribution in [0.2, 0.25) is 0 Å². The van der Waals surface area contributed by atoms with Crippen molar-refractivity contribution in [2.24, 2.45) is 5.73 Å². The van der Waals surface area contributed by atoms with Crippen molar-refractivity contribution >= 4 is 5.91 Å². The third kappa shape index (κ3) is 10.3. The third-order valence-electron chi connectivity index (χ3n) is 6.33. The van der Waals surface area contributed by atoms with Crippen molar-refractivity contribution in [2.75, 3.05) is 73.0 Å². The van der Waals surface area contributed by atoms with E-state index in [0.29, 0.717) is 0 Å². The minimum Gasteiger partial charge on any atom is -0.389 e. The summed E-state index contributed by atoms with van der Waals surface area (Å²) < 4.78 is 249. The normalized spacial score (nSPS) is 15.8. The second kappa shape index (κ2) is 17.5. The topological polar surface area (TPSA) is 124 Å². The molecule has 0 spiro atoms. The Morgan fingerprint density at radius 3 is 1.41 bits per heavy atom. The van der Waals surface area contributed by atoms with E-state index in [4.69, 9.17) is 24.7 Å². The highest BCUT2D eigenvalue weighted by Gasteiger charge is 2.95.